The molecule has 0 saturated carbocycles. The molecule has 2 rings (SSSR count). The van der Waals surface area contributed by atoms with Crippen LogP contribution in [0.1, 0.15) is 22.8 Å². The van der Waals surface area contributed by atoms with Crippen molar-refractivity contribution in [3.63, 3.8) is 0 Å². The molecule has 2 aromatic carbocycles. The zero-order valence-electron chi connectivity index (χ0n) is 14.9. The van der Waals surface area contributed by atoms with Crippen molar-refractivity contribution in [1.29, 1.82) is 0 Å². The molecule has 0 spiro atoms. The first-order valence-electron chi connectivity index (χ1n) is 8.12. The third-order valence-electron chi connectivity index (χ3n) is 3.60. The number of nitrogens with zero attached hydrogens (tertiary/aromatic N) is 1. The van der Waals surface area contributed by atoms with Crippen LogP contribution in [0.2, 0.25) is 5.02 Å². The number of halogens is 2. The summed E-state index contributed by atoms with van der Waals surface area (Å²) in [4.78, 5) is 24.7. The van der Waals surface area contributed by atoms with E-state index in [1.54, 1.807) is 6.92 Å². The van der Waals surface area contributed by atoms with Crippen LogP contribution in [-0.2, 0) is 11.3 Å². The maximum Gasteiger partial charge on any atom is 0.341 e. The lowest BCUT2D eigenvalue weighted by molar-refractivity contribution is -0.139. The molecule has 0 aliphatic heterocycles. The quantitative estimate of drug-likeness (QED) is 0.738. The monoisotopic (exact) mass is 395 g/mol. The Hall–Kier alpha value is -2.80. The van der Waals surface area contributed by atoms with Gasteiger partial charge in [0.15, 0.2) is 18.1 Å². The van der Waals surface area contributed by atoms with E-state index in [2.05, 4.69) is 0 Å². The van der Waals surface area contributed by atoms with Gasteiger partial charge in [0.2, 0.25) is 0 Å². The van der Waals surface area contributed by atoms with Crippen LogP contribution < -0.4 is 9.47 Å². The Morgan fingerprint density at radius 3 is 2.56 bits per heavy atom. The lowest BCUT2D eigenvalue weighted by Gasteiger charge is -2.19. The Kier molecular flexibility index (Phi) is 7.01. The molecule has 0 heterocycles. The van der Waals surface area contributed by atoms with Gasteiger partial charge in [-0.1, -0.05) is 11.6 Å². The minimum atomic E-state index is -1.12. The van der Waals surface area contributed by atoms with Gasteiger partial charge in [-0.25, -0.2) is 9.18 Å². The fraction of sp³-hybridized carbons (Fsp3) is 0.263. The van der Waals surface area contributed by atoms with E-state index in [-0.39, 0.29) is 24.0 Å². The van der Waals surface area contributed by atoms with Crippen molar-refractivity contribution in [2.75, 3.05) is 20.3 Å². The Labute approximate surface area is 161 Å². The van der Waals surface area contributed by atoms with Crippen LogP contribution in [0.5, 0.6) is 11.5 Å². The number of aliphatic carboxylic acids is 1. The zero-order chi connectivity index (χ0) is 20.0. The van der Waals surface area contributed by atoms with E-state index in [1.165, 1.54) is 48.3 Å². The molecule has 144 valence electrons. The second-order valence-electron chi connectivity index (χ2n) is 5.67. The smallest absolute Gasteiger partial charge is 0.341 e. The second-order valence-corrected chi connectivity index (χ2v) is 6.11. The molecule has 0 bridgehead atoms. The molecule has 0 aliphatic carbocycles. The van der Waals surface area contributed by atoms with E-state index < -0.39 is 18.4 Å². The minimum absolute atomic E-state index is 0.0342. The van der Waals surface area contributed by atoms with Crippen LogP contribution in [0.15, 0.2) is 36.4 Å². The number of amides is 1. The zero-order valence-corrected chi connectivity index (χ0v) is 15.6. The maximum atomic E-state index is 13.9. The topological polar surface area (TPSA) is 76.1 Å². The first-order valence-corrected chi connectivity index (χ1v) is 8.50. The predicted molar refractivity (Wildman–Crippen MR) is 97.9 cm³/mol. The van der Waals surface area contributed by atoms with E-state index in [1.807, 2.05) is 0 Å². The van der Waals surface area contributed by atoms with Gasteiger partial charge in [0.1, 0.15) is 5.82 Å². The molecule has 0 radical (unpaired) electrons. The SMILES string of the molecule is CCOc1cc(C(=O)N(C)Cc2cc(Cl)ccc2F)ccc1OCC(=O)O. The van der Waals surface area contributed by atoms with Crippen LogP contribution in [-0.4, -0.2) is 42.1 Å². The van der Waals surface area contributed by atoms with E-state index in [0.717, 1.165) is 0 Å². The lowest BCUT2D eigenvalue weighted by Crippen LogP contribution is -2.26. The van der Waals surface area contributed by atoms with Crippen LogP contribution >= 0.6 is 11.6 Å². The van der Waals surface area contributed by atoms with Crippen LogP contribution in [0.25, 0.3) is 0 Å². The number of hydrogen-bond acceptors (Lipinski definition) is 4. The summed E-state index contributed by atoms with van der Waals surface area (Å²) in [7, 11) is 1.54. The molecule has 6 nitrogen and oxygen atoms in total. The summed E-state index contributed by atoms with van der Waals surface area (Å²) in [6.45, 7) is 1.57. The standard InChI is InChI=1S/C19H19ClFNO5/c1-3-26-17-9-12(4-7-16(17)27-11-18(23)24)19(25)22(2)10-13-8-14(20)5-6-15(13)21/h4-9H,3,10-11H2,1-2H3,(H,23,24). The molecular formula is C19H19ClFNO5. The van der Waals surface area contributed by atoms with Gasteiger partial charge in [-0.3, -0.25) is 4.79 Å². The van der Waals surface area contributed by atoms with Crippen molar-refractivity contribution in [3.8, 4) is 11.5 Å². The number of benzene rings is 2. The summed E-state index contributed by atoms with van der Waals surface area (Å²) in [6.07, 6.45) is 0. The fourth-order valence-corrected chi connectivity index (χ4v) is 2.58. The number of carbonyl (C=O) groups is 2. The van der Waals surface area contributed by atoms with Crippen molar-refractivity contribution in [1.82, 2.24) is 4.90 Å². The van der Waals surface area contributed by atoms with Crippen molar-refractivity contribution in [3.05, 3.63) is 58.4 Å². The summed E-state index contributed by atoms with van der Waals surface area (Å²) in [5, 5.41) is 9.11. The number of carboxylic acids is 1. The Morgan fingerprint density at radius 1 is 1.15 bits per heavy atom. The molecule has 0 saturated heterocycles. The molecule has 1 amide bonds. The normalized spacial score (nSPS) is 10.4. The van der Waals surface area contributed by atoms with Crippen molar-refractivity contribution >= 4 is 23.5 Å². The Morgan fingerprint density at radius 2 is 1.89 bits per heavy atom. The highest BCUT2D eigenvalue weighted by molar-refractivity contribution is 6.30. The first kappa shape index (κ1) is 20.5. The fourth-order valence-electron chi connectivity index (χ4n) is 2.38. The van der Waals surface area contributed by atoms with Crippen LogP contribution in [0.3, 0.4) is 0 Å². The second kappa shape index (κ2) is 9.23. The molecule has 0 fully saturated rings. The van der Waals surface area contributed by atoms with E-state index in [0.29, 0.717) is 22.8 Å². The summed E-state index contributed by atoms with van der Waals surface area (Å²) >= 11 is 5.88. The molecule has 0 aliphatic rings. The number of carbonyl (C=O) groups excluding carboxylic acids is 1. The van der Waals surface area contributed by atoms with Gasteiger partial charge in [0.05, 0.1) is 6.61 Å². The third-order valence-corrected chi connectivity index (χ3v) is 3.84. The highest BCUT2D eigenvalue weighted by atomic mass is 35.5. The molecule has 1 N–H and O–H groups in total. The molecule has 0 aromatic heterocycles. The van der Waals surface area contributed by atoms with Gasteiger partial charge in [0.25, 0.3) is 5.91 Å². The Bertz CT molecular complexity index is 843. The van der Waals surface area contributed by atoms with Crippen LogP contribution in [0.4, 0.5) is 4.39 Å². The van der Waals surface area contributed by atoms with Crippen molar-refractivity contribution < 1.29 is 28.6 Å². The van der Waals surface area contributed by atoms with Crippen molar-refractivity contribution in [2.24, 2.45) is 0 Å². The first-order chi connectivity index (χ1) is 12.8. The van der Waals surface area contributed by atoms with Gasteiger partial charge < -0.3 is 19.5 Å². The van der Waals surface area contributed by atoms with Gasteiger partial charge in [-0.2, -0.15) is 0 Å². The summed E-state index contributed by atoms with van der Waals surface area (Å²) < 4.78 is 24.5. The molecule has 0 unspecified atom stereocenters. The molecule has 8 heteroatoms. The van der Waals surface area contributed by atoms with Gasteiger partial charge in [-0.15, -0.1) is 0 Å². The number of rotatable bonds is 8. The number of hydrogen-bond donors (Lipinski definition) is 1. The number of ether oxygens (including phenoxy) is 2. The molecule has 0 atom stereocenters. The average Bonchev–Trinajstić information content (AvgIpc) is 2.63. The van der Waals surface area contributed by atoms with Gasteiger partial charge in [0, 0.05) is 29.7 Å². The largest absolute Gasteiger partial charge is 0.490 e. The Balaban J connectivity index is 2.20. The predicted octanol–water partition coefficient (Wildman–Crippen LogP) is 3.61. The molecule has 27 heavy (non-hydrogen) atoms. The summed E-state index contributed by atoms with van der Waals surface area (Å²) in [6, 6.07) is 8.58. The average molecular weight is 396 g/mol. The third kappa shape index (κ3) is 5.59. The minimum Gasteiger partial charge on any atom is -0.490 e. The summed E-state index contributed by atoms with van der Waals surface area (Å²) in [5.74, 6) is -1.46. The van der Waals surface area contributed by atoms with Crippen molar-refractivity contribution in [2.45, 2.75) is 13.5 Å². The van der Waals surface area contributed by atoms with E-state index >= 15 is 0 Å². The van der Waals surface area contributed by atoms with E-state index in [4.69, 9.17) is 26.2 Å². The van der Waals surface area contributed by atoms with E-state index in [9.17, 15) is 14.0 Å². The molecular weight excluding hydrogens is 377 g/mol. The summed E-state index contributed by atoms with van der Waals surface area (Å²) in [5.41, 5.74) is 0.593. The van der Waals surface area contributed by atoms with Crippen LogP contribution in [0, 0.1) is 5.82 Å². The molecule has 2 aromatic rings. The van der Waals surface area contributed by atoms with Gasteiger partial charge >= 0.3 is 5.97 Å². The highest BCUT2D eigenvalue weighted by Crippen LogP contribution is 2.29. The number of carboxylic acid groups (broad SMARTS) is 1. The maximum absolute atomic E-state index is 13.9. The lowest BCUT2D eigenvalue weighted by atomic mass is 10.1. The van der Waals surface area contributed by atoms with Gasteiger partial charge in [-0.05, 0) is 43.3 Å². The highest BCUT2D eigenvalue weighted by Gasteiger charge is 2.17.